The van der Waals surface area contributed by atoms with Crippen molar-refractivity contribution in [2.75, 3.05) is 14.1 Å². The Bertz CT molecular complexity index is 1090. The van der Waals surface area contributed by atoms with Gasteiger partial charge in [-0.3, -0.25) is 9.80 Å². The minimum atomic E-state index is -0.426. The van der Waals surface area contributed by atoms with Crippen molar-refractivity contribution >= 4 is 5.78 Å². The van der Waals surface area contributed by atoms with Gasteiger partial charge in [0.2, 0.25) is 0 Å². The van der Waals surface area contributed by atoms with Crippen molar-refractivity contribution in [2.45, 2.75) is 31.6 Å². The van der Waals surface area contributed by atoms with E-state index in [1.54, 1.807) is 0 Å². The molecule has 0 saturated carbocycles. The van der Waals surface area contributed by atoms with Crippen molar-refractivity contribution in [2.24, 2.45) is 5.73 Å². The van der Waals surface area contributed by atoms with E-state index in [2.05, 4.69) is 18.2 Å². The second-order valence-electron chi connectivity index (χ2n) is 8.22. The summed E-state index contributed by atoms with van der Waals surface area (Å²) in [5.41, 5.74) is 11.7. The fourth-order valence-corrected chi connectivity index (χ4v) is 4.71. The van der Waals surface area contributed by atoms with Crippen molar-refractivity contribution in [1.82, 2.24) is 10.0 Å². The van der Waals surface area contributed by atoms with Gasteiger partial charge in [-0.1, -0.05) is 60.2 Å². The van der Waals surface area contributed by atoms with Gasteiger partial charge in [0.25, 0.3) is 0 Å². The maximum Gasteiger partial charge on any atom is 0.162 e. The van der Waals surface area contributed by atoms with Crippen LogP contribution in [-0.4, -0.2) is 29.9 Å². The highest BCUT2D eigenvalue weighted by atomic mass is 16.1. The number of hydrogen-bond acceptors (Lipinski definition) is 5. The Balaban J connectivity index is 1.90. The highest BCUT2D eigenvalue weighted by Gasteiger charge is 2.43. The Morgan fingerprint density at radius 2 is 1.77 bits per heavy atom. The maximum atomic E-state index is 13.5. The number of nitrogens with two attached hydrogens (primary N) is 1. The van der Waals surface area contributed by atoms with Crippen molar-refractivity contribution in [1.29, 1.82) is 5.26 Å². The molecule has 0 fully saturated rings. The predicted molar refractivity (Wildman–Crippen MR) is 117 cm³/mol. The van der Waals surface area contributed by atoms with E-state index in [0.717, 1.165) is 22.4 Å². The van der Waals surface area contributed by atoms with Gasteiger partial charge in [-0.2, -0.15) is 5.26 Å². The van der Waals surface area contributed by atoms with Crippen molar-refractivity contribution in [3.05, 3.63) is 94.0 Å². The third kappa shape index (κ3) is 3.30. The number of nitriles is 1. The molecule has 1 aliphatic heterocycles. The molecule has 0 spiro atoms. The molecule has 1 aliphatic carbocycles. The lowest BCUT2D eigenvalue weighted by Gasteiger charge is -2.43. The van der Waals surface area contributed by atoms with E-state index in [-0.39, 0.29) is 11.7 Å². The zero-order valence-electron chi connectivity index (χ0n) is 17.6. The largest absolute Gasteiger partial charge is 0.383 e. The van der Waals surface area contributed by atoms with E-state index in [1.807, 2.05) is 73.5 Å². The Morgan fingerprint density at radius 1 is 1.07 bits per heavy atom. The Hall–Kier alpha value is -3.36. The molecule has 0 radical (unpaired) electrons. The first-order valence-corrected chi connectivity index (χ1v) is 10.2. The van der Waals surface area contributed by atoms with E-state index in [1.165, 1.54) is 0 Å². The van der Waals surface area contributed by atoms with Crippen LogP contribution >= 0.6 is 0 Å². The van der Waals surface area contributed by atoms with Crippen molar-refractivity contribution in [3.63, 3.8) is 0 Å². The van der Waals surface area contributed by atoms with E-state index in [4.69, 9.17) is 5.73 Å². The molecule has 2 aromatic carbocycles. The normalized spacial score (nSPS) is 21.7. The summed E-state index contributed by atoms with van der Waals surface area (Å²) in [5.74, 6) is 0.151. The molecule has 2 N–H and O–H groups in total. The molecule has 0 bridgehead atoms. The summed E-state index contributed by atoms with van der Waals surface area (Å²) in [6.07, 6.45) is 1.13. The van der Waals surface area contributed by atoms with Gasteiger partial charge in [0.1, 0.15) is 5.82 Å². The molecule has 0 aromatic heterocycles. The van der Waals surface area contributed by atoms with Crippen LogP contribution < -0.4 is 5.73 Å². The van der Waals surface area contributed by atoms with Crippen LogP contribution in [0.15, 0.2) is 77.3 Å². The van der Waals surface area contributed by atoms with Gasteiger partial charge in [-0.25, -0.2) is 5.01 Å². The predicted octanol–water partition coefficient (Wildman–Crippen LogP) is 3.97. The fourth-order valence-electron chi connectivity index (χ4n) is 4.71. The summed E-state index contributed by atoms with van der Waals surface area (Å²) in [4.78, 5) is 13.5. The van der Waals surface area contributed by atoms with E-state index >= 15 is 0 Å². The van der Waals surface area contributed by atoms with Crippen molar-refractivity contribution < 1.29 is 4.79 Å². The van der Waals surface area contributed by atoms with Crippen LogP contribution in [0.25, 0.3) is 0 Å². The molecular weight excluding hydrogens is 372 g/mol. The van der Waals surface area contributed by atoms with E-state index in [0.29, 0.717) is 29.8 Å². The molecule has 4 rings (SSSR count). The van der Waals surface area contributed by atoms with Gasteiger partial charge < -0.3 is 5.73 Å². The SMILES string of the molecule is Cc1cccc(C2C(C#N)=C(N)N(N(C)C)C3=C2C(=O)CC(c2ccccc2)C3)c1. The molecule has 1 heterocycles. The number of nitrogens with zero attached hydrogens (tertiary/aromatic N) is 3. The topological polar surface area (TPSA) is 73.4 Å². The van der Waals surface area contributed by atoms with Crippen LogP contribution in [0.2, 0.25) is 0 Å². The summed E-state index contributed by atoms with van der Waals surface area (Å²) >= 11 is 0. The molecule has 0 amide bonds. The lowest BCUT2D eigenvalue weighted by atomic mass is 9.72. The van der Waals surface area contributed by atoms with E-state index < -0.39 is 5.92 Å². The fraction of sp³-hybridized carbons (Fsp3) is 0.280. The Kier molecular flexibility index (Phi) is 5.19. The van der Waals surface area contributed by atoms with Gasteiger partial charge >= 0.3 is 0 Å². The number of ketones is 1. The summed E-state index contributed by atoms with van der Waals surface area (Å²) in [5, 5.41) is 13.7. The molecule has 2 unspecified atom stereocenters. The standard InChI is InChI=1S/C25H26N4O/c1-16-8-7-11-18(12-16)23-20(15-26)25(27)29(28(2)3)21-13-19(14-22(30)24(21)23)17-9-5-4-6-10-17/h4-12,19,23H,13-14,27H2,1-3H3. The number of carbonyl (C=O) groups is 1. The smallest absolute Gasteiger partial charge is 0.162 e. The molecule has 2 aliphatic rings. The highest BCUT2D eigenvalue weighted by molar-refractivity contribution is 6.00. The zero-order chi connectivity index (χ0) is 21.4. The number of carbonyl (C=O) groups excluding carboxylic acids is 1. The monoisotopic (exact) mass is 398 g/mol. The van der Waals surface area contributed by atoms with Gasteiger partial charge in [-0.15, -0.1) is 0 Å². The van der Waals surface area contributed by atoms with Crippen LogP contribution in [0.5, 0.6) is 0 Å². The summed E-state index contributed by atoms with van der Waals surface area (Å²) in [6.45, 7) is 2.01. The second-order valence-corrected chi connectivity index (χ2v) is 8.22. The number of hydrogen-bond donors (Lipinski definition) is 1. The van der Waals surface area contributed by atoms with Crippen LogP contribution in [-0.2, 0) is 4.79 Å². The summed E-state index contributed by atoms with van der Waals surface area (Å²) < 4.78 is 0. The molecule has 5 heteroatoms. The maximum absolute atomic E-state index is 13.5. The summed E-state index contributed by atoms with van der Waals surface area (Å²) in [7, 11) is 3.77. The number of allylic oxidation sites excluding steroid dienone is 3. The molecule has 2 atom stereocenters. The van der Waals surface area contributed by atoms with E-state index in [9.17, 15) is 10.1 Å². The minimum absolute atomic E-state index is 0.0868. The third-order valence-electron chi connectivity index (χ3n) is 5.99. The Morgan fingerprint density at radius 3 is 2.40 bits per heavy atom. The lowest BCUT2D eigenvalue weighted by molar-refractivity contribution is -0.117. The van der Waals surface area contributed by atoms with Gasteiger partial charge in [0, 0.05) is 31.8 Å². The van der Waals surface area contributed by atoms with Crippen LogP contribution in [0.1, 0.15) is 41.4 Å². The molecule has 152 valence electrons. The quantitative estimate of drug-likeness (QED) is 0.847. The molecule has 2 aromatic rings. The Labute approximate surface area is 177 Å². The molecule has 5 nitrogen and oxygen atoms in total. The average Bonchev–Trinajstić information content (AvgIpc) is 2.73. The highest BCUT2D eigenvalue weighted by Crippen LogP contribution is 2.48. The molecular formula is C25H26N4O. The van der Waals surface area contributed by atoms with Crippen LogP contribution in [0.3, 0.4) is 0 Å². The number of hydrazine groups is 1. The lowest BCUT2D eigenvalue weighted by Crippen LogP contribution is -2.46. The van der Waals surface area contributed by atoms with Gasteiger partial charge in [0.05, 0.1) is 17.6 Å². The van der Waals surface area contributed by atoms with Gasteiger partial charge in [0.15, 0.2) is 5.78 Å². The number of aryl methyl sites for hydroxylation is 1. The van der Waals surface area contributed by atoms with Crippen molar-refractivity contribution in [3.8, 4) is 6.07 Å². The molecule has 0 saturated heterocycles. The number of rotatable bonds is 3. The minimum Gasteiger partial charge on any atom is -0.383 e. The first-order valence-electron chi connectivity index (χ1n) is 10.2. The number of benzene rings is 2. The number of Topliss-reactive ketones (excluding diaryl/α,β-unsaturated/α-hetero) is 1. The van der Waals surface area contributed by atoms with Crippen LogP contribution in [0, 0.1) is 18.3 Å². The first kappa shape index (κ1) is 19.9. The van der Waals surface area contributed by atoms with Crippen LogP contribution in [0.4, 0.5) is 0 Å². The first-order chi connectivity index (χ1) is 14.4. The van der Waals surface area contributed by atoms with Gasteiger partial charge in [-0.05, 0) is 30.4 Å². The zero-order valence-corrected chi connectivity index (χ0v) is 17.6. The summed E-state index contributed by atoms with van der Waals surface area (Å²) in [6, 6.07) is 20.5. The average molecular weight is 399 g/mol. The second kappa shape index (κ2) is 7.81. The third-order valence-corrected chi connectivity index (χ3v) is 5.99. The molecule has 30 heavy (non-hydrogen) atoms.